The van der Waals surface area contributed by atoms with E-state index >= 15 is 0 Å². The van der Waals surface area contributed by atoms with Crippen molar-refractivity contribution < 1.29 is 9.59 Å². The molecule has 2 heterocycles. The summed E-state index contributed by atoms with van der Waals surface area (Å²) in [5.41, 5.74) is 3.27. The summed E-state index contributed by atoms with van der Waals surface area (Å²) < 4.78 is 0. The molecule has 0 spiro atoms. The van der Waals surface area contributed by atoms with E-state index in [9.17, 15) is 9.59 Å². The Hall–Kier alpha value is -3.39. The van der Waals surface area contributed by atoms with Gasteiger partial charge >= 0.3 is 0 Å². The van der Waals surface area contributed by atoms with Crippen LogP contribution in [0, 0.1) is 11.8 Å². The van der Waals surface area contributed by atoms with Gasteiger partial charge in [0.2, 0.25) is 5.78 Å². The molecular formula is C24H14Cl2N2O2. The molecule has 1 N–H and O–H groups in total. The molecule has 0 aliphatic carbocycles. The Bertz CT molecular complexity index is 1260. The Morgan fingerprint density at radius 3 is 2.53 bits per heavy atom. The van der Waals surface area contributed by atoms with Crippen LogP contribution in [-0.4, -0.2) is 16.7 Å². The minimum atomic E-state index is -0.463. The summed E-state index contributed by atoms with van der Waals surface area (Å²) in [5, 5.41) is 3.50. The molecule has 0 saturated heterocycles. The maximum Gasteiger partial charge on any atom is 0.259 e. The standard InChI is InChI=1S/C24H14Cl2N2O2/c25-20-6-4-17(14-21(20)26)13-19-23(29)18-12-16(5-7-22(18)28-24(19)30)3-1-2-15-8-10-27-11-9-15/h4-14H,2H2,(H,28,30)/b19-13+. The average Bonchev–Trinajstić information content (AvgIpc) is 2.75. The fourth-order valence-electron chi connectivity index (χ4n) is 3.01. The molecule has 0 atom stereocenters. The molecule has 0 radical (unpaired) electrons. The Morgan fingerprint density at radius 1 is 0.967 bits per heavy atom. The van der Waals surface area contributed by atoms with Gasteiger partial charge in [0, 0.05) is 29.9 Å². The fourth-order valence-corrected chi connectivity index (χ4v) is 3.31. The minimum Gasteiger partial charge on any atom is -0.321 e. The molecular weight excluding hydrogens is 419 g/mol. The highest BCUT2D eigenvalue weighted by Gasteiger charge is 2.28. The lowest BCUT2D eigenvalue weighted by Gasteiger charge is -2.18. The number of carbonyl (C=O) groups is 2. The predicted octanol–water partition coefficient (Wildman–Crippen LogP) is 5.20. The SMILES string of the molecule is O=C1Nc2ccc(C#CCc3ccncc3)cc2C(=O)/C1=C\c1ccc(Cl)c(Cl)c1. The van der Waals surface area contributed by atoms with Crippen LogP contribution in [0.25, 0.3) is 6.08 Å². The van der Waals surface area contributed by atoms with Gasteiger partial charge in [0.1, 0.15) is 0 Å². The van der Waals surface area contributed by atoms with Crippen molar-refractivity contribution in [1.82, 2.24) is 4.98 Å². The summed E-state index contributed by atoms with van der Waals surface area (Å²) >= 11 is 12.0. The summed E-state index contributed by atoms with van der Waals surface area (Å²) in [7, 11) is 0. The smallest absolute Gasteiger partial charge is 0.259 e. The fraction of sp³-hybridized carbons (Fsp3) is 0.0417. The summed E-state index contributed by atoms with van der Waals surface area (Å²) in [6.45, 7) is 0. The van der Waals surface area contributed by atoms with Gasteiger partial charge in [-0.1, -0.05) is 41.1 Å². The van der Waals surface area contributed by atoms with E-state index in [0.29, 0.717) is 38.8 Å². The van der Waals surface area contributed by atoms with E-state index in [0.717, 1.165) is 5.56 Å². The van der Waals surface area contributed by atoms with Gasteiger partial charge in [0.15, 0.2) is 0 Å². The number of aromatic nitrogens is 1. The van der Waals surface area contributed by atoms with Crippen molar-refractivity contribution in [2.24, 2.45) is 0 Å². The molecule has 0 bridgehead atoms. The molecule has 30 heavy (non-hydrogen) atoms. The lowest BCUT2D eigenvalue weighted by Crippen LogP contribution is -2.27. The van der Waals surface area contributed by atoms with E-state index in [-0.39, 0.29) is 11.4 Å². The number of nitrogens with zero attached hydrogens (tertiary/aromatic N) is 1. The first kappa shape index (κ1) is 19.9. The molecule has 3 aromatic rings. The third-order valence-corrected chi connectivity index (χ3v) is 5.27. The number of ketones is 1. The van der Waals surface area contributed by atoms with Crippen molar-refractivity contribution in [3.8, 4) is 11.8 Å². The van der Waals surface area contributed by atoms with Gasteiger partial charge < -0.3 is 5.32 Å². The van der Waals surface area contributed by atoms with E-state index in [1.54, 1.807) is 48.8 Å². The Balaban J connectivity index is 1.62. The van der Waals surface area contributed by atoms with Crippen LogP contribution in [0.15, 0.2) is 66.5 Å². The van der Waals surface area contributed by atoms with Crippen molar-refractivity contribution in [3.05, 3.63) is 98.8 Å². The van der Waals surface area contributed by atoms with Gasteiger partial charge in [-0.15, -0.1) is 0 Å². The van der Waals surface area contributed by atoms with Gasteiger partial charge in [-0.25, -0.2) is 0 Å². The Labute approximate surface area is 183 Å². The molecule has 4 rings (SSSR count). The number of anilines is 1. The first-order valence-electron chi connectivity index (χ1n) is 9.06. The van der Waals surface area contributed by atoms with E-state index < -0.39 is 5.91 Å². The summed E-state index contributed by atoms with van der Waals surface area (Å²) in [4.78, 5) is 29.4. The van der Waals surface area contributed by atoms with Crippen LogP contribution in [0.2, 0.25) is 10.0 Å². The van der Waals surface area contributed by atoms with E-state index in [4.69, 9.17) is 23.2 Å². The first-order valence-corrected chi connectivity index (χ1v) is 9.81. The number of rotatable bonds is 2. The second-order valence-corrected chi connectivity index (χ2v) is 7.42. The van der Waals surface area contributed by atoms with Gasteiger partial charge in [-0.2, -0.15) is 0 Å². The lowest BCUT2D eigenvalue weighted by molar-refractivity contribution is -0.112. The second-order valence-electron chi connectivity index (χ2n) is 6.61. The predicted molar refractivity (Wildman–Crippen MR) is 119 cm³/mol. The summed E-state index contributed by atoms with van der Waals surface area (Å²) in [6, 6.07) is 13.9. The molecule has 6 heteroatoms. The minimum absolute atomic E-state index is 0.0304. The number of hydrogen-bond acceptors (Lipinski definition) is 3. The average molecular weight is 433 g/mol. The number of benzene rings is 2. The second kappa shape index (κ2) is 8.54. The number of amides is 1. The van der Waals surface area contributed by atoms with Crippen LogP contribution in [-0.2, 0) is 11.2 Å². The van der Waals surface area contributed by atoms with Crippen LogP contribution < -0.4 is 5.32 Å². The number of nitrogens with one attached hydrogen (secondary N) is 1. The van der Waals surface area contributed by atoms with Crippen LogP contribution in [0.3, 0.4) is 0 Å². The van der Waals surface area contributed by atoms with E-state index in [1.807, 2.05) is 12.1 Å². The number of pyridine rings is 1. The molecule has 1 amide bonds. The zero-order valence-corrected chi connectivity index (χ0v) is 17.1. The monoisotopic (exact) mass is 432 g/mol. The van der Waals surface area contributed by atoms with Crippen molar-refractivity contribution in [1.29, 1.82) is 0 Å². The summed E-state index contributed by atoms with van der Waals surface area (Å²) in [6.07, 6.45) is 5.52. The highest BCUT2D eigenvalue weighted by atomic mass is 35.5. The number of fused-ring (bicyclic) bond motifs is 1. The number of hydrogen-bond donors (Lipinski definition) is 1. The maximum absolute atomic E-state index is 13.0. The third-order valence-electron chi connectivity index (χ3n) is 4.53. The number of halogens is 2. The maximum atomic E-state index is 13.0. The molecule has 2 aromatic carbocycles. The molecule has 1 aromatic heterocycles. The highest BCUT2D eigenvalue weighted by molar-refractivity contribution is 6.42. The zero-order valence-electron chi connectivity index (χ0n) is 15.6. The van der Waals surface area contributed by atoms with Gasteiger partial charge in [-0.3, -0.25) is 14.6 Å². The number of Topliss-reactive ketones (excluding diaryl/α,β-unsaturated/α-hetero) is 1. The molecule has 146 valence electrons. The largest absolute Gasteiger partial charge is 0.321 e. The van der Waals surface area contributed by atoms with Crippen LogP contribution in [0.4, 0.5) is 5.69 Å². The van der Waals surface area contributed by atoms with Crippen molar-refractivity contribution in [3.63, 3.8) is 0 Å². The first-order chi connectivity index (χ1) is 14.5. The molecule has 0 unspecified atom stereocenters. The summed E-state index contributed by atoms with van der Waals surface area (Å²) in [5.74, 6) is 5.33. The Kier molecular flexibility index (Phi) is 5.67. The van der Waals surface area contributed by atoms with E-state index in [2.05, 4.69) is 22.1 Å². The van der Waals surface area contributed by atoms with Crippen molar-refractivity contribution >= 4 is 46.7 Å². The topological polar surface area (TPSA) is 59.1 Å². The molecule has 0 fully saturated rings. The molecule has 0 saturated carbocycles. The van der Waals surface area contributed by atoms with Crippen molar-refractivity contribution in [2.45, 2.75) is 6.42 Å². The van der Waals surface area contributed by atoms with Gasteiger partial charge in [0.25, 0.3) is 5.91 Å². The van der Waals surface area contributed by atoms with E-state index in [1.165, 1.54) is 6.08 Å². The molecule has 1 aliphatic heterocycles. The van der Waals surface area contributed by atoms with Gasteiger partial charge in [-0.05, 0) is 59.7 Å². The van der Waals surface area contributed by atoms with Crippen molar-refractivity contribution in [2.75, 3.05) is 5.32 Å². The number of carbonyl (C=O) groups excluding carboxylic acids is 2. The van der Waals surface area contributed by atoms with Crippen LogP contribution in [0.5, 0.6) is 0 Å². The highest BCUT2D eigenvalue weighted by Crippen LogP contribution is 2.29. The van der Waals surface area contributed by atoms with Gasteiger partial charge in [0.05, 0.1) is 21.3 Å². The zero-order chi connectivity index (χ0) is 21.1. The normalized spacial score (nSPS) is 14.0. The Morgan fingerprint density at radius 2 is 1.77 bits per heavy atom. The quantitative estimate of drug-likeness (QED) is 0.343. The molecule has 1 aliphatic rings. The van der Waals surface area contributed by atoms with Crippen LogP contribution in [0.1, 0.15) is 27.0 Å². The molecule has 4 nitrogen and oxygen atoms in total. The third kappa shape index (κ3) is 4.28. The lowest BCUT2D eigenvalue weighted by atomic mass is 9.94. The van der Waals surface area contributed by atoms with Crippen LogP contribution >= 0.6 is 23.2 Å².